The molecule has 0 heterocycles. The van der Waals surface area contributed by atoms with Gasteiger partial charge in [0.15, 0.2) is 0 Å². The zero-order valence-corrected chi connectivity index (χ0v) is 11.8. The van der Waals surface area contributed by atoms with Crippen LogP contribution in [0.1, 0.15) is 44.8 Å². The molecule has 0 aromatic heterocycles. The summed E-state index contributed by atoms with van der Waals surface area (Å²) in [5.41, 5.74) is 0.807. The van der Waals surface area contributed by atoms with Crippen LogP contribution in [0.5, 0.6) is 0 Å². The second-order valence-electron chi connectivity index (χ2n) is 5.98. The Hall–Kier alpha value is -0.930. The maximum absolute atomic E-state index is 12.8. The summed E-state index contributed by atoms with van der Waals surface area (Å²) >= 11 is 0. The molecule has 1 atom stereocenters. The van der Waals surface area contributed by atoms with Gasteiger partial charge < -0.3 is 10.0 Å². The molecule has 0 radical (unpaired) electrons. The zero-order valence-electron chi connectivity index (χ0n) is 11.8. The summed E-state index contributed by atoms with van der Waals surface area (Å²) in [7, 11) is 0. The largest absolute Gasteiger partial charge is 0.388 e. The summed E-state index contributed by atoms with van der Waals surface area (Å²) in [6.45, 7) is 6.47. The van der Waals surface area contributed by atoms with Crippen molar-refractivity contribution in [2.45, 2.75) is 45.3 Å². The van der Waals surface area contributed by atoms with Crippen LogP contribution in [0, 0.1) is 11.7 Å². The van der Waals surface area contributed by atoms with Crippen LogP contribution in [0.4, 0.5) is 4.39 Å². The van der Waals surface area contributed by atoms with E-state index in [0.717, 1.165) is 31.1 Å². The molecular formula is C16H24FNO. The van der Waals surface area contributed by atoms with Gasteiger partial charge in [-0.25, -0.2) is 4.39 Å². The summed E-state index contributed by atoms with van der Waals surface area (Å²) in [6.07, 6.45) is 2.81. The molecule has 0 spiro atoms. The minimum atomic E-state index is -0.492. The molecule has 0 aliphatic heterocycles. The van der Waals surface area contributed by atoms with Crippen LogP contribution in [-0.4, -0.2) is 29.1 Å². The lowest BCUT2D eigenvalue weighted by Gasteiger charge is -2.25. The Kier molecular flexibility index (Phi) is 4.94. The second-order valence-corrected chi connectivity index (χ2v) is 5.98. The van der Waals surface area contributed by atoms with Crippen LogP contribution >= 0.6 is 0 Å². The molecule has 106 valence electrons. The standard InChI is InChI=1S/C16H24FNO/c1-12(2)11-18(15-7-8-15)10-9-16(19)13-3-5-14(17)6-4-13/h3-6,12,15-16,19H,7-11H2,1-2H3. The molecule has 3 heteroatoms. The van der Waals surface area contributed by atoms with Crippen molar-refractivity contribution in [3.63, 3.8) is 0 Å². The van der Waals surface area contributed by atoms with Gasteiger partial charge in [0.1, 0.15) is 5.82 Å². The minimum Gasteiger partial charge on any atom is -0.388 e. The number of benzene rings is 1. The lowest BCUT2D eigenvalue weighted by molar-refractivity contribution is 0.134. The van der Waals surface area contributed by atoms with Crippen molar-refractivity contribution in [1.29, 1.82) is 0 Å². The Bertz CT molecular complexity index is 386. The molecule has 1 aliphatic rings. The number of halogens is 1. The molecule has 2 nitrogen and oxygen atoms in total. The highest BCUT2D eigenvalue weighted by Crippen LogP contribution is 2.29. The number of aliphatic hydroxyl groups excluding tert-OH is 1. The monoisotopic (exact) mass is 265 g/mol. The van der Waals surface area contributed by atoms with E-state index in [9.17, 15) is 9.50 Å². The van der Waals surface area contributed by atoms with E-state index in [-0.39, 0.29) is 5.82 Å². The second kappa shape index (κ2) is 6.49. The summed E-state index contributed by atoms with van der Waals surface area (Å²) in [5.74, 6) is 0.402. The van der Waals surface area contributed by atoms with Crippen molar-refractivity contribution in [3.05, 3.63) is 35.6 Å². The van der Waals surface area contributed by atoms with Crippen molar-refractivity contribution < 1.29 is 9.50 Å². The van der Waals surface area contributed by atoms with Crippen molar-refractivity contribution in [3.8, 4) is 0 Å². The summed E-state index contributed by atoms with van der Waals surface area (Å²) in [6, 6.07) is 6.88. The van der Waals surface area contributed by atoms with Gasteiger partial charge in [-0.1, -0.05) is 26.0 Å². The van der Waals surface area contributed by atoms with Gasteiger partial charge in [-0.2, -0.15) is 0 Å². The van der Waals surface area contributed by atoms with Gasteiger partial charge in [0.25, 0.3) is 0 Å². The first kappa shape index (κ1) is 14.5. The summed E-state index contributed by atoms with van der Waals surface area (Å²) in [4.78, 5) is 2.48. The number of nitrogens with zero attached hydrogens (tertiary/aromatic N) is 1. The highest BCUT2D eigenvalue weighted by molar-refractivity contribution is 5.18. The molecule has 1 aromatic carbocycles. The van der Waals surface area contributed by atoms with E-state index in [2.05, 4.69) is 18.7 Å². The molecule has 0 saturated heterocycles. The molecular weight excluding hydrogens is 241 g/mol. The molecule has 1 unspecified atom stereocenters. The minimum absolute atomic E-state index is 0.254. The predicted octanol–water partition coefficient (Wildman–Crippen LogP) is 3.37. The third-order valence-electron chi connectivity index (χ3n) is 3.61. The third-order valence-corrected chi connectivity index (χ3v) is 3.61. The Balaban J connectivity index is 1.84. The number of rotatable bonds is 7. The smallest absolute Gasteiger partial charge is 0.123 e. The van der Waals surface area contributed by atoms with Gasteiger partial charge in [-0.3, -0.25) is 0 Å². The first-order valence-electron chi connectivity index (χ1n) is 7.24. The van der Waals surface area contributed by atoms with Crippen LogP contribution in [-0.2, 0) is 0 Å². The van der Waals surface area contributed by atoms with E-state index in [4.69, 9.17) is 0 Å². The van der Waals surface area contributed by atoms with Gasteiger partial charge in [0, 0.05) is 19.1 Å². The average molecular weight is 265 g/mol. The molecule has 0 amide bonds. The first-order valence-corrected chi connectivity index (χ1v) is 7.24. The van der Waals surface area contributed by atoms with Crippen molar-refractivity contribution in [2.75, 3.05) is 13.1 Å². The van der Waals surface area contributed by atoms with Crippen LogP contribution in [0.2, 0.25) is 0 Å². The fraction of sp³-hybridized carbons (Fsp3) is 0.625. The van der Waals surface area contributed by atoms with Gasteiger partial charge in [0.05, 0.1) is 6.10 Å². The predicted molar refractivity (Wildman–Crippen MR) is 75.4 cm³/mol. The van der Waals surface area contributed by atoms with Crippen molar-refractivity contribution in [1.82, 2.24) is 4.90 Å². The summed E-state index contributed by atoms with van der Waals surface area (Å²) in [5, 5.41) is 10.1. The van der Waals surface area contributed by atoms with Crippen LogP contribution in [0.25, 0.3) is 0 Å². The highest BCUT2D eigenvalue weighted by Gasteiger charge is 2.29. The fourth-order valence-electron chi connectivity index (χ4n) is 2.47. The highest BCUT2D eigenvalue weighted by atomic mass is 19.1. The molecule has 1 aromatic rings. The average Bonchev–Trinajstić information content (AvgIpc) is 3.18. The fourth-order valence-corrected chi connectivity index (χ4v) is 2.47. The maximum Gasteiger partial charge on any atom is 0.123 e. The van der Waals surface area contributed by atoms with Crippen LogP contribution in [0.3, 0.4) is 0 Å². The molecule has 2 rings (SSSR count). The van der Waals surface area contributed by atoms with E-state index < -0.39 is 6.10 Å². The Morgan fingerprint density at radius 2 is 1.89 bits per heavy atom. The lowest BCUT2D eigenvalue weighted by Crippen LogP contribution is -2.31. The van der Waals surface area contributed by atoms with Crippen molar-refractivity contribution in [2.24, 2.45) is 5.92 Å². The maximum atomic E-state index is 12.8. The van der Waals surface area contributed by atoms with Gasteiger partial charge >= 0.3 is 0 Å². The van der Waals surface area contributed by atoms with Gasteiger partial charge in [-0.05, 0) is 42.9 Å². The Morgan fingerprint density at radius 1 is 1.26 bits per heavy atom. The van der Waals surface area contributed by atoms with E-state index in [1.165, 1.54) is 25.0 Å². The molecule has 0 bridgehead atoms. The quantitative estimate of drug-likeness (QED) is 0.817. The Labute approximate surface area is 115 Å². The molecule has 1 aliphatic carbocycles. The number of aliphatic hydroxyl groups is 1. The van der Waals surface area contributed by atoms with E-state index >= 15 is 0 Å². The van der Waals surface area contributed by atoms with Crippen molar-refractivity contribution >= 4 is 0 Å². The number of hydrogen-bond acceptors (Lipinski definition) is 2. The van der Waals surface area contributed by atoms with Gasteiger partial charge in [0.2, 0.25) is 0 Å². The Morgan fingerprint density at radius 3 is 2.42 bits per heavy atom. The topological polar surface area (TPSA) is 23.5 Å². The van der Waals surface area contributed by atoms with E-state index in [1.54, 1.807) is 12.1 Å². The van der Waals surface area contributed by atoms with E-state index in [1.807, 2.05) is 0 Å². The number of hydrogen-bond donors (Lipinski definition) is 1. The molecule has 1 fully saturated rings. The molecule has 1 N–H and O–H groups in total. The van der Waals surface area contributed by atoms with Gasteiger partial charge in [-0.15, -0.1) is 0 Å². The van der Waals surface area contributed by atoms with E-state index in [0.29, 0.717) is 5.92 Å². The first-order chi connectivity index (χ1) is 9.06. The van der Waals surface area contributed by atoms with Crippen LogP contribution < -0.4 is 0 Å². The SMILES string of the molecule is CC(C)CN(CCC(O)c1ccc(F)cc1)C1CC1. The molecule has 19 heavy (non-hydrogen) atoms. The zero-order chi connectivity index (χ0) is 13.8. The summed E-state index contributed by atoms with van der Waals surface area (Å²) < 4.78 is 12.8. The normalized spacial score (nSPS) is 17.2. The molecule has 1 saturated carbocycles. The third kappa shape index (κ3) is 4.59. The lowest BCUT2D eigenvalue weighted by atomic mass is 10.1. The van der Waals surface area contributed by atoms with Crippen LogP contribution in [0.15, 0.2) is 24.3 Å².